The Bertz CT molecular complexity index is 329. The lowest BCUT2D eigenvalue weighted by molar-refractivity contribution is -0.0559. The molecular weight excluding hydrogens is 223 g/mol. The molecule has 0 atom stereocenters. The van der Waals surface area contributed by atoms with Gasteiger partial charge in [-0.3, -0.25) is 0 Å². The Labute approximate surface area is 81.2 Å². The van der Waals surface area contributed by atoms with Crippen molar-refractivity contribution in [3.8, 4) is 11.5 Å². The minimum absolute atomic E-state index is 0.456. The molecule has 0 aliphatic carbocycles. The fraction of sp³-hybridized carbons (Fsp3) is 0.250. The summed E-state index contributed by atoms with van der Waals surface area (Å²) in [5, 5.41) is 0. The van der Waals surface area contributed by atoms with Gasteiger partial charge in [-0.15, -0.1) is 0 Å². The Kier molecular flexibility index (Phi) is 3.70. The van der Waals surface area contributed by atoms with Crippen molar-refractivity contribution in [2.45, 2.75) is 13.2 Å². The first kappa shape index (κ1) is 11.5. The van der Waals surface area contributed by atoms with E-state index < -0.39 is 30.5 Å². The van der Waals surface area contributed by atoms with E-state index in [0.29, 0.717) is 12.1 Å². The predicted octanol–water partition coefficient (Wildman–Crippen LogP) is 3.03. The van der Waals surface area contributed by atoms with E-state index in [-0.39, 0.29) is 0 Å². The largest absolute Gasteiger partial charge is 0.435 e. The molecule has 0 amide bonds. The lowest BCUT2D eigenvalue weighted by atomic mass is 10.3. The van der Waals surface area contributed by atoms with Crippen LogP contribution in [0.1, 0.15) is 0 Å². The highest BCUT2D eigenvalue weighted by Gasteiger charge is 2.12. The van der Waals surface area contributed by atoms with Crippen LogP contribution in [0.4, 0.5) is 22.0 Å². The number of hydrogen-bond donors (Lipinski definition) is 0. The van der Waals surface area contributed by atoms with Crippen LogP contribution in [0.2, 0.25) is 0 Å². The van der Waals surface area contributed by atoms with Gasteiger partial charge >= 0.3 is 13.2 Å². The van der Waals surface area contributed by atoms with Crippen molar-refractivity contribution in [3.63, 3.8) is 0 Å². The summed E-state index contributed by atoms with van der Waals surface area (Å²) in [6.45, 7) is -6.35. The van der Waals surface area contributed by atoms with E-state index >= 15 is 0 Å². The van der Waals surface area contributed by atoms with Gasteiger partial charge in [-0.05, 0) is 12.1 Å². The van der Waals surface area contributed by atoms with Crippen LogP contribution in [0.5, 0.6) is 11.5 Å². The Morgan fingerprint density at radius 3 is 2.07 bits per heavy atom. The molecule has 7 heteroatoms. The van der Waals surface area contributed by atoms with E-state index in [1.165, 1.54) is 0 Å². The number of halogens is 5. The molecule has 2 nitrogen and oxygen atoms in total. The molecule has 0 unspecified atom stereocenters. The maximum Gasteiger partial charge on any atom is 0.387 e. The molecule has 0 saturated carbocycles. The van der Waals surface area contributed by atoms with E-state index in [1.807, 2.05) is 0 Å². The Hall–Kier alpha value is -1.53. The Balaban J connectivity index is 2.85. The molecular formula is C8H5F5O2. The van der Waals surface area contributed by atoms with Gasteiger partial charge in [-0.25, -0.2) is 4.39 Å². The minimum Gasteiger partial charge on any atom is -0.435 e. The fourth-order valence-electron chi connectivity index (χ4n) is 0.846. The van der Waals surface area contributed by atoms with Gasteiger partial charge in [0.1, 0.15) is 5.75 Å². The molecule has 84 valence electrons. The Morgan fingerprint density at radius 1 is 0.933 bits per heavy atom. The van der Waals surface area contributed by atoms with Crippen LogP contribution in [0, 0.1) is 5.82 Å². The number of hydrogen-bond acceptors (Lipinski definition) is 2. The maximum absolute atomic E-state index is 12.8. The van der Waals surface area contributed by atoms with E-state index in [4.69, 9.17) is 0 Å². The highest BCUT2D eigenvalue weighted by molar-refractivity contribution is 5.34. The Morgan fingerprint density at radius 2 is 1.53 bits per heavy atom. The van der Waals surface area contributed by atoms with Gasteiger partial charge in [0.2, 0.25) is 0 Å². The van der Waals surface area contributed by atoms with Crippen LogP contribution in [0.3, 0.4) is 0 Å². The lowest BCUT2D eigenvalue weighted by Crippen LogP contribution is -2.05. The van der Waals surface area contributed by atoms with Gasteiger partial charge in [0, 0.05) is 6.07 Å². The average molecular weight is 228 g/mol. The van der Waals surface area contributed by atoms with E-state index in [2.05, 4.69) is 9.47 Å². The summed E-state index contributed by atoms with van der Waals surface area (Å²) < 4.78 is 67.2. The molecule has 0 spiro atoms. The summed E-state index contributed by atoms with van der Waals surface area (Å²) >= 11 is 0. The second-order valence-electron chi connectivity index (χ2n) is 2.35. The van der Waals surface area contributed by atoms with Gasteiger partial charge in [-0.2, -0.15) is 17.6 Å². The van der Waals surface area contributed by atoms with Crippen molar-refractivity contribution >= 4 is 0 Å². The molecule has 1 rings (SSSR count). The molecule has 0 aliphatic heterocycles. The molecule has 0 saturated heterocycles. The zero-order valence-corrected chi connectivity index (χ0v) is 7.09. The quantitative estimate of drug-likeness (QED) is 0.737. The first-order valence-corrected chi connectivity index (χ1v) is 3.68. The van der Waals surface area contributed by atoms with Crippen molar-refractivity contribution in [1.29, 1.82) is 0 Å². The van der Waals surface area contributed by atoms with Crippen LogP contribution in [-0.4, -0.2) is 13.2 Å². The third kappa shape index (κ3) is 3.61. The maximum atomic E-state index is 12.8. The van der Waals surface area contributed by atoms with Crippen molar-refractivity contribution in [1.82, 2.24) is 0 Å². The second-order valence-corrected chi connectivity index (χ2v) is 2.35. The third-order valence-corrected chi connectivity index (χ3v) is 1.34. The number of alkyl halides is 4. The summed E-state index contributed by atoms with van der Waals surface area (Å²) in [6.07, 6.45) is 0. The molecule has 1 aromatic carbocycles. The zero-order valence-electron chi connectivity index (χ0n) is 7.09. The molecule has 0 heterocycles. The molecule has 0 bridgehead atoms. The summed E-state index contributed by atoms with van der Waals surface area (Å²) in [7, 11) is 0. The normalized spacial score (nSPS) is 10.9. The highest BCUT2D eigenvalue weighted by atomic mass is 19.3. The van der Waals surface area contributed by atoms with Crippen LogP contribution >= 0.6 is 0 Å². The van der Waals surface area contributed by atoms with Gasteiger partial charge in [-0.1, -0.05) is 0 Å². The summed E-state index contributed by atoms with van der Waals surface area (Å²) in [6, 6.07) is 2.18. The molecule has 15 heavy (non-hydrogen) atoms. The predicted molar refractivity (Wildman–Crippen MR) is 39.7 cm³/mol. The average Bonchev–Trinajstić information content (AvgIpc) is 2.09. The molecule has 0 radical (unpaired) electrons. The summed E-state index contributed by atoms with van der Waals surface area (Å²) in [4.78, 5) is 0. The summed E-state index contributed by atoms with van der Waals surface area (Å²) in [5.41, 5.74) is 0. The monoisotopic (exact) mass is 228 g/mol. The van der Waals surface area contributed by atoms with Crippen molar-refractivity contribution in [2.75, 3.05) is 0 Å². The third-order valence-electron chi connectivity index (χ3n) is 1.34. The second kappa shape index (κ2) is 4.81. The first-order chi connectivity index (χ1) is 6.99. The van der Waals surface area contributed by atoms with Gasteiger partial charge in [0.25, 0.3) is 0 Å². The highest BCUT2D eigenvalue weighted by Crippen LogP contribution is 2.25. The van der Waals surface area contributed by atoms with Crippen molar-refractivity contribution in [3.05, 3.63) is 24.0 Å². The van der Waals surface area contributed by atoms with E-state index in [0.717, 1.165) is 6.07 Å². The van der Waals surface area contributed by atoms with Crippen LogP contribution in [-0.2, 0) is 0 Å². The number of rotatable bonds is 4. The van der Waals surface area contributed by atoms with Gasteiger partial charge in [0.05, 0.1) is 0 Å². The van der Waals surface area contributed by atoms with E-state index in [1.54, 1.807) is 0 Å². The molecule has 0 N–H and O–H groups in total. The zero-order chi connectivity index (χ0) is 11.4. The van der Waals surface area contributed by atoms with E-state index in [9.17, 15) is 22.0 Å². The SMILES string of the molecule is Fc1ccc(OC(F)F)cc1OC(F)F. The van der Waals surface area contributed by atoms with Crippen LogP contribution < -0.4 is 9.47 Å². The fourth-order valence-corrected chi connectivity index (χ4v) is 0.846. The van der Waals surface area contributed by atoms with Crippen molar-refractivity contribution in [2.24, 2.45) is 0 Å². The number of ether oxygens (including phenoxy) is 2. The van der Waals surface area contributed by atoms with Crippen molar-refractivity contribution < 1.29 is 31.4 Å². The molecule has 0 aromatic heterocycles. The number of benzene rings is 1. The summed E-state index contributed by atoms with van der Waals surface area (Å²) in [5.74, 6) is -2.39. The van der Waals surface area contributed by atoms with Gasteiger partial charge in [0.15, 0.2) is 11.6 Å². The molecule has 1 aromatic rings. The topological polar surface area (TPSA) is 18.5 Å². The standard InChI is InChI=1S/C8H5F5O2/c9-5-2-1-4(14-7(10)11)3-6(5)15-8(12)13/h1-3,7-8H. The lowest BCUT2D eigenvalue weighted by Gasteiger charge is -2.08. The smallest absolute Gasteiger partial charge is 0.387 e. The van der Waals surface area contributed by atoms with Crippen LogP contribution in [0.25, 0.3) is 0 Å². The van der Waals surface area contributed by atoms with Crippen LogP contribution in [0.15, 0.2) is 18.2 Å². The molecule has 0 aliphatic rings. The first-order valence-electron chi connectivity index (χ1n) is 3.68. The molecule has 0 fully saturated rings. The van der Waals surface area contributed by atoms with Gasteiger partial charge < -0.3 is 9.47 Å². The minimum atomic E-state index is -3.23.